The standard InChI is InChI=1S/C15H23ClN2/c1-10-7-8-12(9-11(10)2)15(18-17)13-5-3-4-6-14(13)16/h3-6,10-12,15,18H,7-9,17H2,1-2H3. The molecule has 3 heteroatoms. The molecule has 0 spiro atoms. The molecule has 100 valence electrons. The van der Waals surface area contributed by atoms with E-state index >= 15 is 0 Å². The predicted molar refractivity (Wildman–Crippen MR) is 77.2 cm³/mol. The first-order chi connectivity index (χ1) is 8.63. The number of hydrogen-bond acceptors (Lipinski definition) is 2. The summed E-state index contributed by atoms with van der Waals surface area (Å²) in [6.45, 7) is 4.69. The summed E-state index contributed by atoms with van der Waals surface area (Å²) in [7, 11) is 0. The van der Waals surface area contributed by atoms with E-state index in [1.54, 1.807) is 0 Å². The highest BCUT2D eigenvalue weighted by Gasteiger charge is 2.31. The zero-order chi connectivity index (χ0) is 13.1. The third-order valence-corrected chi connectivity index (χ3v) is 4.87. The summed E-state index contributed by atoms with van der Waals surface area (Å²) in [5.41, 5.74) is 4.11. The maximum atomic E-state index is 6.29. The molecule has 4 unspecified atom stereocenters. The van der Waals surface area contributed by atoms with Crippen molar-refractivity contribution in [1.82, 2.24) is 5.43 Å². The van der Waals surface area contributed by atoms with Crippen molar-refractivity contribution in [3.05, 3.63) is 34.9 Å². The first-order valence-corrected chi connectivity index (χ1v) is 7.21. The quantitative estimate of drug-likeness (QED) is 0.643. The Morgan fingerprint density at radius 2 is 1.94 bits per heavy atom. The van der Waals surface area contributed by atoms with Crippen LogP contribution in [0.3, 0.4) is 0 Å². The molecule has 1 aromatic rings. The lowest BCUT2D eigenvalue weighted by Crippen LogP contribution is -2.37. The molecule has 0 saturated heterocycles. The molecule has 0 amide bonds. The van der Waals surface area contributed by atoms with Gasteiger partial charge in [-0.3, -0.25) is 11.3 Å². The molecule has 0 radical (unpaired) electrons. The fourth-order valence-corrected chi connectivity index (χ4v) is 3.35. The normalized spacial score (nSPS) is 30.1. The highest BCUT2D eigenvalue weighted by molar-refractivity contribution is 6.31. The van der Waals surface area contributed by atoms with E-state index < -0.39 is 0 Å². The Morgan fingerprint density at radius 1 is 1.22 bits per heavy atom. The second-order valence-corrected chi connectivity index (χ2v) is 6.10. The minimum atomic E-state index is 0.175. The Bertz CT molecular complexity index is 394. The minimum Gasteiger partial charge on any atom is -0.271 e. The van der Waals surface area contributed by atoms with Crippen molar-refractivity contribution in [3.8, 4) is 0 Å². The van der Waals surface area contributed by atoms with Gasteiger partial charge in [0.2, 0.25) is 0 Å². The summed E-state index contributed by atoms with van der Waals surface area (Å²) in [6.07, 6.45) is 3.74. The van der Waals surface area contributed by atoms with Crippen molar-refractivity contribution in [2.75, 3.05) is 0 Å². The molecule has 4 atom stereocenters. The van der Waals surface area contributed by atoms with Gasteiger partial charge in [-0.15, -0.1) is 0 Å². The van der Waals surface area contributed by atoms with Crippen LogP contribution < -0.4 is 11.3 Å². The second kappa shape index (κ2) is 6.05. The van der Waals surface area contributed by atoms with E-state index in [1.807, 2.05) is 18.2 Å². The van der Waals surface area contributed by atoms with E-state index in [2.05, 4.69) is 25.3 Å². The Morgan fingerprint density at radius 3 is 2.56 bits per heavy atom. The molecule has 1 fully saturated rings. The van der Waals surface area contributed by atoms with Crippen LogP contribution in [0.5, 0.6) is 0 Å². The third kappa shape index (κ3) is 2.87. The molecule has 2 nitrogen and oxygen atoms in total. The van der Waals surface area contributed by atoms with E-state index in [0.717, 1.165) is 22.4 Å². The van der Waals surface area contributed by atoms with E-state index in [0.29, 0.717) is 5.92 Å². The number of hydrogen-bond donors (Lipinski definition) is 2. The number of benzene rings is 1. The smallest absolute Gasteiger partial charge is 0.0502 e. The maximum absolute atomic E-state index is 6.29. The van der Waals surface area contributed by atoms with Gasteiger partial charge in [0.25, 0.3) is 0 Å². The average Bonchev–Trinajstić information content (AvgIpc) is 2.37. The summed E-state index contributed by atoms with van der Waals surface area (Å²) < 4.78 is 0. The van der Waals surface area contributed by atoms with Crippen LogP contribution >= 0.6 is 11.6 Å². The van der Waals surface area contributed by atoms with Crippen LogP contribution in [0.4, 0.5) is 0 Å². The lowest BCUT2D eigenvalue weighted by atomic mass is 9.72. The van der Waals surface area contributed by atoms with Gasteiger partial charge in [0.15, 0.2) is 0 Å². The molecule has 0 bridgehead atoms. The van der Waals surface area contributed by atoms with Gasteiger partial charge >= 0.3 is 0 Å². The molecular weight excluding hydrogens is 244 g/mol. The number of nitrogens with two attached hydrogens (primary N) is 1. The van der Waals surface area contributed by atoms with Gasteiger partial charge in [-0.1, -0.05) is 50.1 Å². The van der Waals surface area contributed by atoms with Gasteiger partial charge in [-0.2, -0.15) is 0 Å². The largest absolute Gasteiger partial charge is 0.271 e. The third-order valence-electron chi connectivity index (χ3n) is 4.53. The molecule has 1 aliphatic rings. The summed E-state index contributed by atoms with van der Waals surface area (Å²) in [5.74, 6) is 7.95. The zero-order valence-corrected chi connectivity index (χ0v) is 12.0. The number of hydrazine groups is 1. The fourth-order valence-electron chi connectivity index (χ4n) is 3.10. The van der Waals surface area contributed by atoms with Crippen LogP contribution in [0.15, 0.2) is 24.3 Å². The van der Waals surface area contributed by atoms with Crippen molar-refractivity contribution >= 4 is 11.6 Å². The Hall–Kier alpha value is -0.570. The molecule has 2 rings (SSSR count). The molecule has 1 aliphatic carbocycles. The van der Waals surface area contributed by atoms with Crippen LogP contribution in [0.25, 0.3) is 0 Å². The van der Waals surface area contributed by atoms with Gasteiger partial charge in [0, 0.05) is 5.02 Å². The van der Waals surface area contributed by atoms with Gasteiger partial charge in [-0.25, -0.2) is 0 Å². The number of nitrogens with one attached hydrogen (secondary N) is 1. The minimum absolute atomic E-state index is 0.175. The Kier molecular flexibility index (Phi) is 4.66. The Balaban J connectivity index is 2.17. The Labute approximate surface area is 115 Å². The summed E-state index contributed by atoms with van der Waals surface area (Å²) in [6, 6.07) is 8.19. The van der Waals surface area contributed by atoms with E-state index in [1.165, 1.54) is 19.3 Å². The lowest BCUT2D eigenvalue weighted by molar-refractivity contribution is 0.171. The lowest BCUT2D eigenvalue weighted by Gasteiger charge is -2.36. The van der Waals surface area contributed by atoms with E-state index in [9.17, 15) is 0 Å². The van der Waals surface area contributed by atoms with Crippen LogP contribution in [0, 0.1) is 17.8 Å². The summed E-state index contributed by atoms with van der Waals surface area (Å²) in [5, 5.41) is 0.812. The topological polar surface area (TPSA) is 38.0 Å². The van der Waals surface area contributed by atoms with E-state index in [-0.39, 0.29) is 6.04 Å². The van der Waals surface area contributed by atoms with Crippen molar-refractivity contribution in [2.24, 2.45) is 23.6 Å². The molecule has 0 aromatic heterocycles. The monoisotopic (exact) mass is 266 g/mol. The van der Waals surface area contributed by atoms with Gasteiger partial charge < -0.3 is 0 Å². The average molecular weight is 267 g/mol. The maximum Gasteiger partial charge on any atom is 0.0502 e. The summed E-state index contributed by atoms with van der Waals surface area (Å²) in [4.78, 5) is 0. The van der Waals surface area contributed by atoms with Crippen LogP contribution in [0.1, 0.15) is 44.7 Å². The molecule has 1 aromatic carbocycles. The molecule has 0 heterocycles. The van der Waals surface area contributed by atoms with Gasteiger partial charge in [0.1, 0.15) is 0 Å². The molecule has 1 saturated carbocycles. The highest BCUT2D eigenvalue weighted by atomic mass is 35.5. The molecular formula is C15H23ClN2. The van der Waals surface area contributed by atoms with Crippen molar-refractivity contribution in [2.45, 2.75) is 39.2 Å². The highest BCUT2D eigenvalue weighted by Crippen LogP contribution is 2.40. The van der Waals surface area contributed by atoms with E-state index in [4.69, 9.17) is 17.4 Å². The van der Waals surface area contributed by atoms with Crippen LogP contribution in [0.2, 0.25) is 5.02 Å². The number of halogens is 1. The second-order valence-electron chi connectivity index (χ2n) is 5.69. The first-order valence-electron chi connectivity index (χ1n) is 6.84. The first kappa shape index (κ1) is 13.9. The van der Waals surface area contributed by atoms with Gasteiger partial charge in [0.05, 0.1) is 6.04 Å². The molecule has 3 N–H and O–H groups in total. The van der Waals surface area contributed by atoms with Crippen molar-refractivity contribution < 1.29 is 0 Å². The fraction of sp³-hybridized carbons (Fsp3) is 0.600. The van der Waals surface area contributed by atoms with Crippen molar-refractivity contribution in [3.63, 3.8) is 0 Å². The van der Waals surface area contributed by atoms with Crippen LogP contribution in [-0.4, -0.2) is 0 Å². The number of rotatable bonds is 3. The van der Waals surface area contributed by atoms with Crippen LogP contribution in [-0.2, 0) is 0 Å². The molecule has 0 aliphatic heterocycles. The summed E-state index contributed by atoms with van der Waals surface area (Å²) >= 11 is 6.29. The molecule has 18 heavy (non-hydrogen) atoms. The van der Waals surface area contributed by atoms with Crippen molar-refractivity contribution in [1.29, 1.82) is 0 Å². The zero-order valence-electron chi connectivity index (χ0n) is 11.2. The SMILES string of the molecule is CC1CCC(C(NN)c2ccccc2Cl)CC1C. The predicted octanol–water partition coefficient (Wildman–Crippen LogP) is 3.92. The van der Waals surface area contributed by atoms with Gasteiger partial charge in [-0.05, 0) is 42.2 Å².